The third-order valence-electron chi connectivity index (χ3n) is 2.04. The van der Waals surface area contributed by atoms with E-state index in [1.54, 1.807) is 0 Å². The molecule has 0 aromatic heterocycles. The molecule has 0 heterocycles. The molecule has 3 heteroatoms. The molecular formula is C12H24N2O. The lowest BCUT2D eigenvalue weighted by molar-refractivity contribution is 0.293. The molecule has 15 heavy (non-hydrogen) atoms. The van der Waals surface area contributed by atoms with Gasteiger partial charge in [0.05, 0.1) is 0 Å². The van der Waals surface area contributed by atoms with Crippen molar-refractivity contribution >= 4 is 0 Å². The molecule has 0 unspecified atom stereocenters. The van der Waals surface area contributed by atoms with Gasteiger partial charge in [0.25, 0.3) is 0 Å². The SMILES string of the molecule is CCCC/C=C(\N)O/C(N)=C/CCCC. The van der Waals surface area contributed by atoms with Gasteiger partial charge in [-0.3, -0.25) is 0 Å². The molecule has 0 radical (unpaired) electrons. The zero-order valence-corrected chi connectivity index (χ0v) is 9.96. The molecule has 0 saturated heterocycles. The molecule has 4 N–H and O–H groups in total. The van der Waals surface area contributed by atoms with Crippen molar-refractivity contribution in [3.05, 3.63) is 23.9 Å². The topological polar surface area (TPSA) is 61.3 Å². The second kappa shape index (κ2) is 9.44. The Morgan fingerprint density at radius 1 is 0.933 bits per heavy atom. The lowest BCUT2D eigenvalue weighted by atomic mass is 10.2. The van der Waals surface area contributed by atoms with Crippen LogP contribution < -0.4 is 11.5 Å². The predicted octanol–water partition coefficient (Wildman–Crippen LogP) is 2.98. The van der Waals surface area contributed by atoms with Crippen LogP contribution in [0.25, 0.3) is 0 Å². The lowest BCUT2D eigenvalue weighted by Gasteiger charge is -2.05. The number of allylic oxidation sites excluding steroid dienone is 2. The fourth-order valence-corrected chi connectivity index (χ4v) is 1.12. The van der Waals surface area contributed by atoms with Gasteiger partial charge in [0.15, 0.2) is 11.8 Å². The quantitative estimate of drug-likeness (QED) is 0.480. The Morgan fingerprint density at radius 2 is 1.33 bits per heavy atom. The Hall–Kier alpha value is -1.12. The molecule has 0 aliphatic carbocycles. The average Bonchev–Trinajstić information content (AvgIpc) is 2.18. The van der Waals surface area contributed by atoms with Crippen molar-refractivity contribution in [2.75, 3.05) is 0 Å². The second-order valence-corrected chi connectivity index (χ2v) is 3.60. The highest BCUT2D eigenvalue weighted by Crippen LogP contribution is 2.03. The largest absolute Gasteiger partial charge is 0.427 e. The van der Waals surface area contributed by atoms with Crippen LogP contribution in [0.15, 0.2) is 23.9 Å². The van der Waals surface area contributed by atoms with E-state index in [0.717, 1.165) is 38.5 Å². The van der Waals surface area contributed by atoms with Crippen molar-refractivity contribution in [2.24, 2.45) is 11.5 Å². The summed E-state index contributed by atoms with van der Waals surface area (Å²) in [6.45, 7) is 4.29. The summed E-state index contributed by atoms with van der Waals surface area (Å²) in [6.07, 6.45) is 10.2. The van der Waals surface area contributed by atoms with Gasteiger partial charge in [-0.1, -0.05) is 26.7 Å². The van der Waals surface area contributed by atoms with E-state index in [4.69, 9.17) is 16.2 Å². The lowest BCUT2D eigenvalue weighted by Crippen LogP contribution is -2.08. The van der Waals surface area contributed by atoms with Crippen LogP contribution >= 0.6 is 0 Å². The Bertz CT molecular complexity index is 188. The van der Waals surface area contributed by atoms with E-state index < -0.39 is 0 Å². The predicted molar refractivity (Wildman–Crippen MR) is 64.7 cm³/mol. The van der Waals surface area contributed by atoms with Gasteiger partial charge in [0.2, 0.25) is 0 Å². The maximum Gasteiger partial charge on any atom is 0.188 e. The van der Waals surface area contributed by atoms with Crippen molar-refractivity contribution in [2.45, 2.75) is 52.4 Å². The summed E-state index contributed by atoms with van der Waals surface area (Å²) in [5.74, 6) is 0.822. The fraction of sp³-hybridized carbons (Fsp3) is 0.667. The summed E-state index contributed by atoms with van der Waals surface area (Å²) in [5, 5.41) is 0. The minimum atomic E-state index is 0.411. The third-order valence-corrected chi connectivity index (χ3v) is 2.04. The van der Waals surface area contributed by atoms with E-state index in [9.17, 15) is 0 Å². The van der Waals surface area contributed by atoms with Gasteiger partial charge in [0.1, 0.15) is 0 Å². The van der Waals surface area contributed by atoms with Gasteiger partial charge in [-0.05, 0) is 37.8 Å². The summed E-state index contributed by atoms with van der Waals surface area (Å²) in [4.78, 5) is 0. The van der Waals surface area contributed by atoms with Gasteiger partial charge in [-0.25, -0.2) is 0 Å². The average molecular weight is 212 g/mol. The van der Waals surface area contributed by atoms with E-state index in [-0.39, 0.29) is 0 Å². The molecule has 0 aliphatic rings. The van der Waals surface area contributed by atoms with Gasteiger partial charge in [0, 0.05) is 0 Å². The molecule has 0 aromatic carbocycles. The number of nitrogens with two attached hydrogens (primary N) is 2. The first-order valence-electron chi connectivity index (χ1n) is 5.79. The number of rotatable bonds is 8. The smallest absolute Gasteiger partial charge is 0.188 e. The number of ether oxygens (including phenoxy) is 1. The molecule has 0 amide bonds. The molecule has 0 aromatic rings. The first kappa shape index (κ1) is 13.9. The maximum absolute atomic E-state index is 5.64. The van der Waals surface area contributed by atoms with Crippen molar-refractivity contribution in [3.8, 4) is 0 Å². The molecule has 0 spiro atoms. The fourth-order valence-electron chi connectivity index (χ4n) is 1.12. The zero-order valence-electron chi connectivity index (χ0n) is 9.96. The second-order valence-electron chi connectivity index (χ2n) is 3.60. The van der Waals surface area contributed by atoms with Gasteiger partial charge in [-0.15, -0.1) is 0 Å². The van der Waals surface area contributed by atoms with Crippen LogP contribution in [0, 0.1) is 0 Å². The first-order valence-corrected chi connectivity index (χ1v) is 5.79. The van der Waals surface area contributed by atoms with Crippen LogP contribution in [0.3, 0.4) is 0 Å². The van der Waals surface area contributed by atoms with Crippen LogP contribution in [0.1, 0.15) is 52.4 Å². The first-order chi connectivity index (χ1) is 7.20. The summed E-state index contributed by atoms with van der Waals surface area (Å²) in [5.41, 5.74) is 11.3. The van der Waals surface area contributed by atoms with Gasteiger partial charge < -0.3 is 16.2 Å². The molecule has 0 atom stereocenters. The van der Waals surface area contributed by atoms with Crippen LogP contribution in [-0.2, 0) is 4.74 Å². The van der Waals surface area contributed by atoms with Crippen molar-refractivity contribution in [1.29, 1.82) is 0 Å². The molecule has 0 bridgehead atoms. The number of hydrogen-bond donors (Lipinski definition) is 2. The summed E-state index contributed by atoms with van der Waals surface area (Å²) in [7, 11) is 0. The van der Waals surface area contributed by atoms with E-state index in [2.05, 4.69) is 13.8 Å². The molecule has 0 saturated carbocycles. The molecule has 3 nitrogen and oxygen atoms in total. The number of unbranched alkanes of at least 4 members (excludes halogenated alkanes) is 4. The standard InChI is InChI=1S/C12H24N2O/c1-3-5-7-9-11(13)15-12(14)10-8-6-4-2/h9-10H,3-8,13-14H2,1-2H3/b11-9+,12-10+. The highest BCUT2D eigenvalue weighted by Gasteiger charge is 1.93. The van der Waals surface area contributed by atoms with E-state index in [0.29, 0.717) is 11.8 Å². The van der Waals surface area contributed by atoms with E-state index in [1.165, 1.54) is 0 Å². The van der Waals surface area contributed by atoms with Gasteiger partial charge in [-0.2, -0.15) is 0 Å². The minimum Gasteiger partial charge on any atom is -0.427 e. The normalized spacial score (nSPS) is 12.9. The minimum absolute atomic E-state index is 0.411. The van der Waals surface area contributed by atoms with Crippen molar-refractivity contribution in [3.63, 3.8) is 0 Å². The Morgan fingerprint density at radius 3 is 1.67 bits per heavy atom. The Labute approximate surface area is 93.2 Å². The van der Waals surface area contributed by atoms with E-state index in [1.807, 2.05) is 12.2 Å². The molecular weight excluding hydrogens is 188 g/mol. The van der Waals surface area contributed by atoms with Crippen LogP contribution in [0.4, 0.5) is 0 Å². The highest BCUT2D eigenvalue weighted by molar-refractivity contribution is 4.95. The zero-order chi connectivity index (χ0) is 11.5. The monoisotopic (exact) mass is 212 g/mol. The molecule has 0 fully saturated rings. The van der Waals surface area contributed by atoms with Crippen molar-refractivity contribution < 1.29 is 4.74 Å². The van der Waals surface area contributed by atoms with E-state index >= 15 is 0 Å². The third kappa shape index (κ3) is 9.19. The van der Waals surface area contributed by atoms with Gasteiger partial charge >= 0.3 is 0 Å². The Balaban J connectivity index is 3.78. The number of hydrogen-bond acceptors (Lipinski definition) is 3. The van der Waals surface area contributed by atoms with Crippen LogP contribution in [0.5, 0.6) is 0 Å². The molecule has 0 aliphatic heterocycles. The summed E-state index contributed by atoms with van der Waals surface area (Å²) in [6, 6.07) is 0. The molecule has 0 rings (SSSR count). The highest BCUT2D eigenvalue weighted by atomic mass is 16.5. The maximum atomic E-state index is 5.64. The summed E-state index contributed by atoms with van der Waals surface area (Å²) < 4.78 is 5.22. The van der Waals surface area contributed by atoms with Crippen LogP contribution in [-0.4, -0.2) is 0 Å². The Kier molecular flexibility index (Phi) is 8.73. The van der Waals surface area contributed by atoms with Crippen molar-refractivity contribution in [1.82, 2.24) is 0 Å². The van der Waals surface area contributed by atoms with Crippen LogP contribution in [0.2, 0.25) is 0 Å². The summed E-state index contributed by atoms with van der Waals surface area (Å²) >= 11 is 0. The molecule has 88 valence electrons.